The number of amides is 1. The lowest BCUT2D eigenvalue weighted by molar-refractivity contribution is -0.0901. The summed E-state index contributed by atoms with van der Waals surface area (Å²) in [6.45, 7) is 7.85. The molecule has 1 aliphatic heterocycles. The van der Waals surface area contributed by atoms with Crippen molar-refractivity contribution < 1.29 is 22.9 Å². The van der Waals surface area contributed by atoms with Gasteiger partial charge in [-0.05, 0) is 44.6 Å². The highest BCUT2D eigenvalue weighted by atomic mass is 32.1. The molecule has 0 atom stereocenters. The summed E-state index contributed by atoms with van der Waals surface area (Å²) in [7, 11) is -0.522. The Bertz CT molecular complexity index is 608. The minimum Gasteiger partial charge on any atom is -0.399 e. The first-order valence-electron chi connectivity index (χ1n) is 7.62. The van der Waals surface area contributed by atoms with Crippen LogP contribution in [-0.4, -0.2) is 36.2 Å². The van der Waals surface area contributed by atoms with Crippen molar-refractivity contribution in [3.8, 4) is 0 Å². The van der Waals surface area contributed by atoms with Crippen LogP contribution in [0.2, 0.25) is 0 Å². The maximum atomic E-state index is 12.8. The Kier molecular flexibility index (Phi) is 3.85. The second-order valence-electron chi connectivity index (χ2n) is 7.27. The molecule has 0 bridgehead atoms. The van der Waals surface area contributed by atoms with Gasteiger partial charge in [-0.3, -0.25) is 4.79 Å². The molecule has 0 aromatic carbocycles. The molecule has 1 aliphatic carbocycles. The first-order chi connectivity index (χ1) is 10.5. The quantitative estimate of drug-likeness (QED) is 0.859. The zero-order valence-electron chi connectivity index (χ0n) is 13.6. The Morgan fingerprint density at radius 1 is 1.26 bits per heavy atom. The minimum absolute atomic E-state index is 0.284. The van der Waals surface area contributed by atoms with Gasteiger partial charge in [-0.1, -0.05) is 0 Å². The molecule has 23 heavy (non-hydrogen) atoms. The fourth-order valence-electron chi connectivity index (χ4n) is 2.59. The topological polar surface area (TPSA) is 47.6 Å². The van der Waals surface area contributed by atoms with Crippen molar-refractivity contribution in [3.63, 3.8) is 0 Å². The van der Waals surface area contributed by atoms with Crippen LogP contribution in [0.15, 0.2) is 11.4 Å². The summed E-state index contributed by atoms with van der Waals surface area (Å²) in [4.78, 5) is 12.6. The number of thiophene rings is 1. The van der Waals surface area contributed by atoms with Crippen LogP contribution in [0, 0.1) is 0 Å². The summed E-state index contributed by atoms with van der Waals surface area (Å²) in [5.41, 5.74) is -0.114. The predicted molar refractivity (Wildman–Crippen MR) is 85.5 cm³/mol. The van der Waals surface area contributed by atoms with Crippen LogP contribution < -0.4 is 10.8 Å². The largest absolute Gasteiger partial charge is 0.495 e. The molecule has 126 valence electrons. The number of hydrogen-bond acceptors (Lipinski definition) is 4. The highest BCUT2D eigenvalue weighted by Gasteiger charge is 2.52. The van der Waals surface area contributed by atoms with Crippen LogP contribution in [0.4, 0.5) is 8.78 Å². The molecule has 1 aromatic rings. The van der Waals surface area contributed by atoms with Crippen molar-refractivity contribution >= 4 is 29.8 Å². The molecular formula is C15H20BF2NO3S. The molecule has 1 saturated heterocycles. The smallest absolute Gasteiger partial charge is 0.399 e. The van der Waals surface area contributed by atoms with Gasteiger partial charge in [-0.15, -0.1) is 11.3 Å². The van der Waals surface area contributed by atoms with E-state index in [2.05, 4.69) is 5.32 Å². The molecule has 2 fully saturated rings. The Morgan fingerprint density at radius 3 is 2.35 bits per heavy atom. The van der Waals surface area contributed by atoms with Gasteiger partial charge in [0.15, 0.2) is 0 Å². The van der Waals surface area contributed by atoms with E-state index in [4.69, 9.17) is 9.31 Å². The van der Waals surface area contributed by atoms with Crippen molar-refractivity contribution in [1.82, 2.24) is 5.32 Å². The van der Waals surface area contributed by atoms with Crippen molar-refractivity contribution in [1.29, 1.82) is 0 Å². The first kappa shape index (κ1) is 16.9. The monoisotopic (exact) mass is 343 g/mol. The lowest BCUT2D eigenvalue weighted by Crippen LogP contribution is -2.50. The fraction of sp³-hybridized carbons (Fsp3) is 0.667. The molecule has 1 N–H and O–H groups in total. The molecular weight excluding hydrogens is 323 g/mol. The molecule has 0 radical (unpaired) electrons. The standard InChI is InChI=1S/C15H20BF2NO3S/c1-13(2)14(3,4)22-16(21-13)9-5-11(23-8-9)12(20)19-10-6-15(17,18)7-10/h5,8,10H,6-7H2,1-4H3,(H,19,20). The Hall–Kier alpha value is -0.985. The zero-order valence-corrected chi connectivity index (χ0v) is 14.4. The molecule has 0 spiro atoms. The van der Waals surface area contributed by atoms with Crippen LogP contribution in [-0.2, 0) is 9.31 Å². The maximum Gasteiger partial charge on any atom is 0.495 e. The predicted octanol–water partition coefficient (Wildman–Crippen LogP) is 2.57. The molecule has 1 saturated carbocycles. The summed E-state index contributed by atoms with van der Waals surface area (Å²) in [6.07, 6.45) is -0.567. The second kappa shape index (κ2) is 5.26. The van der Waals surface area contributed by atoms with Crippen LogP contribution >= 0.6 is 11.3 Å². The van der Waals surface area contributed by atoms with Crippen LogP contribution in [0.5, 0.6) is 0 Å². The Labute approximate surface area is 138 Å². The van der Waals surface area contributed by atoms with E-state index in [1.54, 1.807) is 6.07 Å². The highest BCUT2D eigenvalue weighted by Crippen LogP contribution is 2.38. The van der Waals surface area contributed by atoms with Crippen LogP contribution in [0.1, 0.15) is 50.2 Å². The van der Waals surface area contributed by atoms with Crippen molar-refractivity contribution in [2.45, 2.75) is 63.7 Å². The van der Waals surface area contributed by atoms with Gasteiger partial charge in [0.1, 0.15) is 0 Å². The van der Waals surface area contributed by atoms with Gasteiger partial charge in [0.2, 0.25) is 0 Å². The fourth-order valence-corrected chi connectivity index (χ4v) is 3.40. The SMILES string of the molecule is CC1(C)OB(c2csc(C(=O)NC3CC(F)(F)C3)c2)OC1(C)C. The number of alkyl halides is 2. The van der Waals surface area contributed by atoms with Crippen LogP contribution in [0.3, 0.4) is 0 Å². The van der Waals surface area contributed by atoms with Gasteiger partial charge in [-0.25, -0.2) is 8.78 Å². The molecule has 2 heterocycles. The zero-order chi connectivity index (χ0) is 17.0. The second-order valence-corrected chi connectivity index (χ2v) is 8.18. The van der Waals surface area contributed by atoms with Gasteiger partial charge in [0, 0.05) is 18.9 Å². The van der Waals surface area contributed by atoms with Crippen molar-refractivity contribution in [2.75, 3.05) is 0 Å². The lowest BCUT2D eigenvalue weighted by atomic mass is 9.81. The molecule has 8 heteroatoms. The average Bonchev–Trinajstić information content (AvgIpc) is 2.91. The van der Waals surface area contributed by atoms with E-state index in [1.165, 1.54) is 11.3 Å². The summed E-state index contributed by atoms with van der Waals surface area (Å²) < 4.78 is 37.5. The van der Waals surface area contributed by atoms with E-state index in [-0.39, 0.29) is 18.7 Å². The van der Waals surface area contributed by atoms with Crippen molar-refractivity contribution in [3.05, 3.63) is 16.3 Å². The number of carbonyl (C=O) groups is 1. The van der Waals surface area contributed by atoms with Gasteiger partial charge >= 0.3 is 7.12 Å². The Morgan fingerprint density at radius 2 is 1.83 bits per heavy atom. The minimum atomic E-state index is -2.64. The van der Waals surface area contributed by atoms with E-state index in [1.807, 2.05) is 33.1 Å². The normalized spacial score (nSPS) is 25.2. The molecule has 1 aromatic heterocycles. The first-order valence-corrected chi connectivity index (χ1v) is 8.50. The molecule has 4 nitrogen and oxygen atoms in total. The van der Waals surface area contributed by atoms with E-state index in [0.717, 1.165) is 5.46 Å². The third-order valence-corrected chi connectivity index (χ3v) is 5.74. The summed E-state index contributed by atoms with van der Waals surface area (Å²) in [6, 6.07) is 1.26. The number of nitrogens with one attached hydrogen (secondary N) is 1. The summed E-state index contributed by atoms with van der Waals surface area (Å²) in [5, 5.41) is 4.45. The number of rotatable bonds is 3. The molecule has 3 rings (SSSR count). The van der Waals surface area contributed by atoms with Gasteiger partial charge in [0.05, 0.1) is 16.1 Å². The van der Waals surface area contributed by atoms with Gasteiger partial charge < -0.3 is 14.6 Å². The van der Waals surface area contributed by atoms with E-state index < -0.39 is 30.3 Å². The van der Waals surface area contributed by atoms with Gasteiger partial charge in [0.25, 0.3) is 11.8 Å². The van der Waals surface area contributed by atoms with E-state index >= 15 is 0 Å². The average molecular weight is 343 g/mol. The number of hydrogen-bond donors (Lipinski definition) is 1. The number of halogens is 2. The molecule has 2 aliphatic rings. The Balaban J connectivity index is 1.64. The molecule has 1 amide bonds. The summed E-state index contributed by atoms with van der Waals surface area (Å²) in [5.74, 6) is -2.96. The third kappa shape index (κ3) is 3.16. The summed E-state index contributed by atoms with van der Waals surface area (Å²) >= 11 is 1.26. The lowest BCUT2D eigenvalue weighted by Gasteiger charge is -2.35. The van der Waals surface area contributed by atoms with E-state index in [0.29, 0.717) is 4.88 Å². The highest BCUT2D eigenvalue weighted by molar-refractivity contribution is 7.13. The van der Waals surface area contributed by atoms with Crippen LogP contribution in [0.25, 0.3) is 0 Å². The van der Waals surface area contributed by atoms with Gasteiger partial charge in [-0.2, -0.15) is 0 Å². The molecule has 0 unspecified atom stereocenters. The third-order valence-electron chi connectivity index (χ3n) is 4.79. The van der Waals surface area contributed by atoms with E-state index in [9.17, 15) is 13.6 Å². The number of carbonyl (C=O) groups excluding carboxylic acids is 1. The van der Waals surface area contributed by atoms with Crippen molar-refractivity contribution in [2.24, 2.45) is 0 Å². The maximum absolute atomic E-state index is 12.8.